The molecule has 0 radical (unpaired) electrons. The van der Waals surface area contributed by atoms with E-state index in [1.165, 1.54) is 35.2 Å². The molecular weight excluding hydrogens is 354 g/mol. The molecule has 0 aliphatic carbocycles. The van der Waals surface area contributed by atoms with Gasteiger partial charge < -0.3 is 20.7 Å². The van der Waals surface area contributed by atoms with E-state index in [0.717, 1.165) is 0 Å². The van der Waals surface area contributed by atoms with Crippen molar-refractivity contribution in [2.75, 3.05) is 23.8 Å². The van der Waals surface area contributed by atoms with Gasteiger partial charge in [0.2, 0.25) is 0 Å². The van der Waals surface area contributed by atoms with Crippen molar-refractivity contribution in [3.8, 4) is 5.75 Å². The Kier molecular flexibility index (Phi) is 5.06. The average molecular weight is 371 g/mol. The smallest absolute Gasteiger partial charge is 0.294 e. The van der Waals surface area contributed by atoms with Gasteiger partial charge in [0, 0.05) is 17.8 Å². The lowest BCUT2D eigenvalue weighted by Gasteiger charge is -2.31. The summed E-state index contributed by atoms with van der Waals surface area (Å²) in [5.74, 6) is -0.188. The van der Waals surface area contributed by atoms with Gasteiger partial charge in [-0.2, -0.15) is 0 Å². The lowest BCUT2D eigenvalue weighted by atomic mass is 10.1. The number of hydrogen-bond donors (Lipinski definition) is 3. The highest BCUT2D eigenvalue weighted by molar-refractivity contribution is 6.10. The van der Waals surface area contributed by atoms with Crippen LogP contribution >= 0.6 is 0 Å². The number of nitrogens with two attached hydrogens (primary N) is 1. The van der Waals surface area contributed by atoms with Crippen molar-refractivity contribution in [3.05, 3.63) is 63.9 Å². The molecule has 1 aliphatic rings. The van der Waals surface area contributed by atoms with E-state index < -0.39 is 23.5 Å². The number of β-amino-alcohol motifs (C(OH)–C–C–N with tert-alkyl or cyclic N) is 1. The molecule has 9 nitrogen and oxygen atoms in total. The molecule has 0 bridgehead atoms. The Morgan fingerprint density at radius 2 is 1.96 bits per heavy atom. The molecule has 27 heavy (non-hydrogen) atoms. The number of rotatable bonds is 5. The maximum atomic E-state index is 12.8. The largest absolute Gasteiger partial charge is 0.449 e. The third kappa shape index (κ3) is 3.89. The summed E-state index contributed by atoms with van der Waals surface area (Å²) >= 11 is 0. The number of aliphatic hydroxyl groups is 2. The van der Waals surface area contributed by atoms with E-state index >= 15 is 0 Å². The number of hydrogen-bond acceptors (Lipinski definition) is 7. The summed E-state index contributed by atoms with van der Waals surface area (Å²) in [4.78, 5) is 24.3. The van der Waals surface area contributed by atoms with Crippen molar-refractivity contribution in [2.45, 2.75) is 6.10 Å². The standard InChI is InChI=1S/C18H17N3O6/c19-12-3-6-16-15(8-12)20(9-14(23)10-22)18(24)17(27-16)7-11-1-4-13(5-2-11)21(25)26/h1-8,14,22-23H,9-10,19H2/b17-7+. The second-order valence-corrected chi connectivity index (χ2v) is 5.94. The zero-order valence-electron chi connectivity index (χ0n) is 14.1. The van der Waals surface area contributed by atoms with Crippen molar-refractivity contribution in [1.29, 1.82) is 0 Å². The number of non-ortho nitro benzene ring substituents is 1. The molecule has 2 aromatic rings. The fraction of sp³-hybridized carbons (Fsp3) is 0.167. The van der Waals surface area contributed by atoms with E-state index in [4.69, 9.17) is 15.6 Å². The Morgan fingerprint density at radius 1 is 1.26 bits per heavy atom. The number of aliphatic hydroxyl groups excluding tert-OH is 2. The number of benzene rings is 2. The second-order valence-electron chi connectivity index (χ2n) is 5.94. The molecule has 1 heterocycles. The lowest BCUT2D eigenvalue weighted by molar-refractivity contribution is -0.384. The van der Waals surface area contributed by atoms with Crippen LogP contribution in [0.25, 0.3) is 6.08 Å². The van der Waals surface area contributed by atoms with Crippen molar-refractivity contribution in [1.82, 2.24) is 0 Å². The van der Waals surface area contributed by atoms with E-state index in [1.54, 1.807) is 18.2 Å². The van der Waals surface area contributed by atoms with Crippen LogP contribution in [-0.4, -0.2) is 40.3 Å². The van der Waals surface area contributed by atoms with E-state index in [1.807, 2.05) is 0 Å². The molecule has 1 atom stereocenters. The number of carbonyl (C=O) groups is 1. The first kappa shape index (κ1) is 18.4. The van der Waals surface area contributed by atoms with Gasteiger partial charge in [0.1, 0.15) is 0 Å². The van der Waals surface area contributed by atoms with Gasteiger partial charge in [0.05, 0.1) is 29.9 Å². The zero-order valence-corrected chi connectivity index (χ0v) is 14.1. The molecule has 1 amide bonds. The minimum absolute atomic E-state index is 0.0220. The zero-order chi connectivity index (χ0) is 19.6. The fourth-order valence-electron chi connectivity index (χ4n) is 2.62. The molecule has 0 aromatic heterocycles. The van der Waals surface area contributed by atoms with Crippen molar-refractivity contribution in [3.63, 3.8) is 0 Å². The summed E-state index contributed by atoms with van der Waals surface area (Å²) in [6, 6.07) is 10.4. The van der Waals surface area contributed by atoms with Crippen LogP contribution in [0.4, 0.5) is 17.1 Å². The number of fused-ring (bicyclic) bond motifs is 1. The van der Waals surface area contributed by atoms with Crippen LogP contribution in [0.2, 0.25) is 0 Å². The number of amides is 1. The van der Waals surface area contributed by atoms with Crippen LogP contribution in [-0.2, 0) is 4.79 Å². The topological polar surface area (TPSA) is 139 Å². The summed E-state index contributed by atoms with van der Waals surface area (Å²) < 4.78 is 5.66. The summed E-state index contributed by atoms with van der Waals surface area (Å²) in [7, 11) is 0. The quantitative estimate of drug-likeness (QED) is 0.311. The number of nitro groups is 1. The minimum Gasteiger partial charge on any atom is -0.449 e. The number of ether oxygens (including phenoxy) is 1. The third-order valence-electron chi connectivity index (χ3n) is 3.96. The van der Waals surface area contributed by atoms with Gasteiger partial charge in [-0.3, -0.25) is 19.8 Å². The first-order valence-corrected chi connectivity index (χ1v) is 8.03. The second kappa shape index (κ2) is 7.44. The molecule has 0 saturated heterocycles. The first-order chi connectivity index (χ1) is 12.9. The maximum Gasteiger partial charge on any atom is 0.294 e. The fourth-order valence-corrected chi connectivity index (χ4v) is 2.62. The number of carbonyl (C=O) groups excluding carboxylic acids is 1. The number of nitrogens with zero attached hydrogens (tertiary/aromatic N) is 2. The summed E-state index contributed by atoms with van der Waals surface area (Å²) in [6.45, 7) is -0.656. The monoisotopic (exact) mass is 371 g/mol. The number of nitro benzene ring substituents is 1. The van der Waals surface area contributed by atoms with Gasteiger partial charge >= 0.3 is 0 Å². The lowest BCUT2D eigenvalue weighted by Crippen LogP contribution is -2.43. The van der Waals surface area contributed by atoms with Crippen molar-refractivity contribution in [2.24, 2.45) is 0 Å². The first-order valence-electron chi connectivity index (χ1n) is 8.03. The van der Waals surface area contributed by atoms with E-state index in [9.17, 15) is 20.0 Å². The van der Waals surface area contributed by atoms with Gasteiger partial charge in [-0.25, -0.2) is 0 Å². The summed E-state index contributed by atoms with van der Waals surface area (Å²) in [5, 5.41) is 29.6. The Hall–Kier alpha value is -3.43. The van der Waals surface area contributed by atoms with Gasteiger partial charge in [0.15, 0.2) is 11.5 Å². The SMILES string of the molecule is Nc1ccc2c(c1)N(CC(O)CO)C(=O)/C(=C\c1ccc([N+](=O)[O-])cc1)O2. The molecule has 0 fully saturated rings. The molecule has 9 heteroatoms. The van der Waals surface area contributed by atoms with Crippen LogP contribution in [0, 0.1) is 10.1 Å². The summed E-state index contributed by atoms with van der Waals surface area (Å²) in [5.41, 5.74) is 7.04. The van der Waals surface area contributed by atoms with E-state index in [0.29, 0.717) is 22.7 Å². The molecule has 3 rings (SSSR count). The predicted octanol–water partition coefficient (Wildman–Crippen LogP) is 1.30. The highest BCUT2D eigenvalue weighted by Crippen LogP contribution is 2.37. The van der Waals surface area contributed by atoms with Crippen LogP contribution in [0.5, 0.6) is 5.75 Å². The molecule has 0 saturated carbocycles. The Morgan fingerprint density at radius 3 is 2.59 bits per heavy atom. The molecule has 1 aliphatic heterocycles. The molecule has 0 spiro atoms. The van der Waals surface area contributed by atoms with E-state index in [-0.39, 0.29) is 18.0 Å². The number of anilines is 2. The highest BCUT2D eigenvalue weighted by atomic mass is 16.6. The normalized spacial score (nSPS) is 16.0. The van der Waals surface area contributed by atoms with Gasteiger partial charge in [-0.1, -0.05) is 0 Å². The van der Waals surface area contributed by atoms with Gasteiger partial charge in [0.25, 0.3) is 11.6 Å². The summed E-state index contributed by atoms with van der Waals surface area (Å²) in [6.07, 6.45) is 0.311. The molecule has 2 aromatic carbocycles. The minimum atomic E-state index is -1.14. The molecular formula is C18H17N3O6. The van der Waals surface area contributed by atoms with Crippen molar-refractivity contribution < 1.29 is 24.7 Å². The maximum absolute atomic E-state index is 12.8. The Labute approximate surface area is 154 Å². The van der Waals surface area contributed by atoms with Crippen LogP contribution in [0.3, 0.4) is 0 Å². The molecule has 140 valence electrons. The molecule has 1 unspecified atom stereocenters. The predicted molar refractivity (Wildman–Crippen MR) is 98.0 cm³/mol. The van der Waals surface area contributed by atoms with Gasteiger partial charge in [-0.05, 0) is 42.0 Å². The van der Waals surface area contributed by atoms with E-state index in [2.05, 4.69) is 0 Å². The number of nitrogen functional groups attached to an aromatic ring is 1. The average Bonchev–Trinajstić information content (AvgIpc) is 2.65. The molecule has 4 N–H and O–H groups in total. The highest BCUT2D eigenvalue weighted by Gasteiger charge is 2.31. The Bertz CT molecular complexity index is 910. The van der Waals surface area contributed by atoms with Crippen LogP contribution in [0.15, 0.2) is 48.2 Å². The Balaban J connectivity index is 1.98. The van der Waals surface area contributed by atoms with Gasteiger partial charge in [-0.15, -0.1) is 0 Å². The van der Waals surface area contributed by atoms with Crippen LogP contribution in [0.1, 0.15) is 5.56 Å². The van der Waals surface area contributed by atoms with Crippen molar-refractivity contribution >= 4 is 29.0 Å². The third-order valence-corrected chi connectivity index (χ3v) is 3.96. The van der Waals surface area contributed by atoms with Crippen LogP contribution < -0.4 is 15.4 Å².